The Bertz CT molecular complexity index is 797. The summed E-state index contributed by atoms with van der Waals surface area (Å²) in [6, 6.07) is 11.9. The highest BCUT2D eigenvalue weighted by Crippen LogP contribution is 2.26. The van der Waals surface area contributed by atoms with Crippen LogP contribution in [0.25, 0.3) is 10.8 Å². The topological polar surface area (TPSA) is 64.6 Å². The van der Waals surface area contributed by atoms with E-state index in [0.717, 1.165) is 34.9 Å². The fourth-order valence-corrected chi connectivity index (χ4v) is 2.65. The van der Waals surface area contributed by atoms with Crippen molar-refractivity contribution < 1.29 is 19.1 Å². The Labute approximate surface area is 147 Å². The van der Waals surface area contributed by atoms with Crippen LogP contribution in [0.15, 0.2) is 36.4 Å². The Balaban J connectivity index is 1.68. The van der Waals surface area contributed by atoms with Crippen molar-refractivity contribution in [3.05, 3.63) is 42.0 Å². The quantitative estimate of drug-likeness (QED) is 0.820. The van der Waals surface area contributed by atoms with Gasteiger partial charge in [-0.3, -0.25) is 9.59 Å². The maximum atomic E-state index is 12.4. The van der Waals surface area contributed by atoms with Crippen LogP contribution < -0.4 is 10.1 Å². The van der Waals surface area contributed by atoms with E-state index in [4.69, 9.17) is 9.47 Å². The van der Waals surface area contributed by atoms with Gasteiger partial charge in [0, 0.05) is 6.04 Å². The molecule has 5 nitrogen and oxygen atoms in total. The normalized spacial score (nSPS) is 16.1. The van der Waals surface area contributed by atoms with Gasteiger partial charge in [0.15, 0.2) is 6.10 Å². The standard InChI is InChI=1S/C20H23NO4/c1-12(20(23)25-13(2)19(22)21-17-7-8-17)14-4-5-16-11-18(24-3)9-6-15(16)10-14/h4-6,9-13,17H,7-8H2,1-3H3,(H,21,22)/t12-,13-/m0/s1. The Kier molecular flexibility index (Phi) is 4.93. The predicted molar refractivity (Wildman–Crippen MR) is 95.6 cm³/mol. The van der Waals surface area contributed by atoms with Gasteiger partial charge in [0.1, 0.15) is 5.75 Å². The van der Waals surface area contributed by atoms with Gasteiger partial charge < -0.3 is 14.8 Å². The number of carbonyl (C=O) groups is 2. The molecule has 1 saturated carbocycles. The lowest BCUT2D eigenvalue weighted by atomic mass is 9.98. The van der Waals surface area contributed by atoms with E-state index in [2.05, 4.69) is 5.32 Å². The van der Waals surface area contributed by atoms with Gasteiger partial charge in [-0.15, -0.1) is 0 Å². The molecule has 3 rings (SSSR count). The molecule has 2 atom stereocenters. The molecule has 0 spiro atoms. The molecule has 1 N–H and O–H groups in total. The first-order valence-corrected chi connectivity index (χ1v) is 8.56. The molecule has 1 aliphatic carbocycles. The number of hydrogen-bond acceptors (Lipinski definition) is 4. The monoisotopic (exact) mass is 341 g/mol. The third-order valence-electron chi connectivity index (χ3n) is 4.51. The molecule has 132 valence electrons. The molecule has 0 heterocycles. The molecule has 2 aromatic carbocycles. The minimum atomic E-state index is -0.778. The zero-order valence-corrected chi connectivity index (χ0v) is 14.7. The molecule has 2 aromatic rings. The lowest BCUT2D eigenvalue weighted by molar-refractivity contribution is -0.156. The third kappa shape index (κ3) is 4.10. The third-order valence-corrected chi connectivity index (χ3v) is 4.51. The van der Waals surface area contributed by atoms with E-state index < -0.39 is 18.0 Å². The van der Waals surface area contributed by atoms with Gasteiger partial charge in [-0.05, 0) is 55.2 Å². The second-order valence-corrected chi connectivity index (χ2v) is 6.56. The fourth-order valence-electron chi connectivity index (χ4n) is 2.65. The number of carbonyl (C=O) groups excluding carboxylic acids is 2. The summed E-state index contributed by atoms with van der Waals surface area (Å²) in [6.07, 6.45) is 1.23. The Hall–Kier alpha value is -2.56. The Morgan fingerprint density at radius 2 is 1.76 bits per heavy atom. The molecule has 0 saturated heterocycles. The van der Waals surface area contributed by atoms with Gasteiger partial charge in [-0.1, -0.05) is 24.3 Å². The van der Waals surface area contributed by atoms with Crippen LogP contribution in [0.2, 0.25) is 0 Å². The van der Waals surface area contributed by atoms with Crippen molar-refractivity contribution in [1.82, 2.24) is 5.32 Å². The first-order chi connectivity index (χ1) is 12.0. The largest absolute Gasteiger partial charge is 0.497 e. The number of nitrogens with one attached hydrogen (secondary N) is 1. The van der Waals surface area contributed by atoms with Gasteiger partial charge in [0.05, 0.1) is 13.0 Å². The molecule has 0 unspecified atom stereocenters. The molecule has 0 aliphatic heterocycles. The molecule has 25 heavy (non-hydrogen) atoms. The van der Waals surface area contributed by atoms with Crippen LogP contribution in [-0.4, -0.2) is 31.1 Å². The van der Waals surface area contributed by atoms with Gasteiger partial charge in [0.2, 0.25) is 0 Å². The number of fused-ring (bicyclic) bond motifs is 1. The summed E-state index contributed by atoms with van der Waals surface area (Å²) in [4.78, 5) is 24.3. The van der Waals surface area contributed by atoms with Crippen LogP contribution in [0, 0.1) is 0 Å². The van der Waals surface area contributed by atoms with Gasteiger partial charge in [0.25, 0.3) is 5.91 Å². The first-order valence-electron chi connectivity index (χ1n) is 8.56. The maximum absolute atomic E-state index is 12.4. The van der Waals surface area contributed by atoms with Crippen molar-refractivity contribution in [2.24, 2.45) is 0 Å². The van der Waals surface area contributed by atoms with Gasteiger partial charge in [-0.2, -0.15) is 0 Å². The molecule has 1 amide bonds. The Morgan fingerprint density at radius 3 is 2.44 bits per heavy atom. The maximum Gasteiger partial charge on any atom is 0.313 e. The number of methoxy groups -OCH3 is 1. The van der Waals surface area contributed by atoms with Crippen LogP contribution in [0.3, 0.4) is 0 Å². The molecule has 5 heteroatoms. The van der Waals surface area contributed by atoms with Crippen LogP contribution in [-0.2, 0) is 14.3 Å². The van der Waals surface area contributed by atoms with Crippen molar-refractivity contribution in [3.8, 4) is 5.75 Å². The molecular weight excluding hydrogens is 318 g/mol. The van der Waals surface area contributed by atoms with E-state index in [1.807, 2.05) is 36.4 Å². The van der Waals surface area contributed by atoms with Crippen LogP contribution in [0.1, 0.15) is 38.2 Å². The number of benzene rings is 2. The number of amides is 1. The van der Waals surface area contributed by atoms with Crippen LogP contribution in [0.5, 0.6) is 5.75 Å². The Morgan fingerprint density at radius 1 is 1.08 bits per heavy atom. The highest BCUT2D eigenvalue weighted by Gasteiger charge is 2.28. The van der Waals surface area contributed by atoms with Crippen molar-refractivity contribution in [3.63, 3.8) is 0 Å². The summed E-state index contributed by atoms with van der Waals surface area (Å²) in [5.74, 6) is -0.272. The van der Waals surface area contributed by atoms with Crippen LogP contribution in [0.4, 0.5) is 0 Å². The highest BCUT2D eigenvalue weighted by atomic mass is 16.5. The smallest absolute Gasteiger partial charge is 0.313 e. The summed E-state index contributed by atoms with van der Waals surface area (Å²) >= 11 is 0. The van der Waals surface area contributed by atoms with Crippen molar-refractivity contribution in [1.29, 1.82) is 0 Å². The molecule has 0 radical (unpaired) electrons. The van der Waals surface area contributed by atoms with Crippen molar-refractivity contribution >= 4 is 22.6 Å². The minimum absolute atomic E-state index is 0.228. The number of esters is 1. The van der Waals surface area contributed by atoms with E-state index >= 15 is 0 Å². The van der Waals surface area contributed by atoms with Gasteiger partial charge >= 0.3 is 5.97 Å². The summed E-state index contributed by atoms with van der Waals surface area (Å²) in [7, 11) is 1.63. The molecule has 0 aromatic heterocycles. The lowest BCUT2D eigenvalue weighted by Crippen LogP contribution is -2.37. The fraction of sp³-hybridized carbons (Fsp3) is 0.400. The number of ether oxygens (including phenoxy) is 2. The SMILES string of the molecule is COc1ccc2cc([C@H](C)C(=O)O[C@@H](C)C(=O)NC3CC3)ccc2c1. The summed E-state index contributed by atoms with van der Waals surface area (Å²) in [5.41, 5.74) is 0.859. The average molecular weight is 341 g/mol. The lowest BCUT2D eigenvalue weighted by Gasteiger charge is -2.17. The molecular formula is C20H23NO4. The van der Waals surface area contributed by atoms with Crippen LogP contribution >= 0.6 is 0 Å². The summed E-state index contributed by atoms with van der Waals surface area (Å²) in [5, 5.41) is 4.91. The summed E-state index contributed by atoms with van der Waals surface area (Å²) < 4.78 is 10.6. The zero-order chi connectivity index (χ0) is 18.0. The van der Waals surface area contributed by atoms with Gasteiger partial charge in [-0.25, -0.2) is 0 Å². The first kappa shape index (κ1) is 17.3. The number of rotatable bonds is 6. The average Bonchev–Trinajstić information content (AvgIpc) is 3.43. The van der Waals surface area contributed by atoms with E-state index in [1.165, 1.54) is 0 Å². The molecule has 0 bridgehead atoms. The number of hydrogen-bond donors (Lipinski definition) is 1. The molecule has 1 aliphatic rings. The zero-order valence-electron chi connectivity index (χ0n) is 14.7. The second-order valence-electron chi connectivity index (χ2n) is 6.56. The van der Waals surface area contributed by atoms with E-state index in [1.54, 1.807) is 21.0 Å². The van der Waals surface area contributed by atoms with E-state index in [9.17, 15) is 9.59 Å². The van der Waals surface area contributed by atoms with E-state index in [0.29, 0.717) is 0 Å². The van der Waals surface area contributed by atoms with Crippen molar-refractivity contribution in [2.45, 2.75) is 44.8 Å². The predicted octanol–water partition coefficient (Wildman–Crippen LogP) is 3.16. The molecule has 1 fully saturated rings. The highest BCUT2D eigenvalue weighted by molar-refractivity contribution is 5.88. The van der Waals surface area contributed by atoms with Crippen molar-refractivity contribution in [2.75, 3.05) is 7.11 Å². The van der Waals surface area contributed by atoms with E-state index in [-0.39, 0.29) is 11.9 Å². The minimum Gasteiger partial charge on any atom is -0.497 e. The summed E-state index contributed by atoms with van der Waals surface area (Å²) in [6.45, 7) is 3.40. The second kappa shape index (κ2) is 7.13.